The lowest BCUT2D eigenvalue weighted by Gasteiger charge is -2.28. The number of piperazine rings is 1. The van der Waals surface area contributed by atoms with Gasteiger partial charge in [0.15, 0.2) is 0 Å². The first-order chi connectivity index (χ1) is 8.24. The van der Waals surface area contributed by atoms with Crippen LogP contribution in [0.25, 0.3) is 0 Å². The summed E-state index contributed by atoms with van der Waals surface area (Å²) >= 11 is 0. The molecule has 1 aliphatic heterocycles. The number of aryl methyl sites for hydroxylation is 1. The third-order valence-corrected chi connectivity index (χ3v) is 3.12. The lowest BCUT2D eigenvalue weighted by Crippen LogP contribution is -2.45. The molecule has 0 aliphatic carbocycles. The first-order valence-electron chi connectivity index (χ1n) is 6.28. The summed E-state index contributed by atoms with van der Waals surface area (Å²) in [5.41, 5.74) is 1.02. The maximum atomic E-state index is 5.06. The topological polar surface area (TPSA) is 44.5 Å². The van der Waals surface area contributed by atoms with Crippen LogP contribution in [0.15, 0.2) is 10.6 Å². The van der Waals surface area contributed by atoms with E-state index >= 15 is 0 Å². The van der Waals surface area contributed by atoms with E-state index in [-0.39, 0.29) is 0 Å². The minimum absolute atomic E-state index is 0.865. The molecule has 5 nitrogen and oxygen atoms in total. The molecule has 1 aliphatic rings. The summed E-state index contributed by atoms with van der Waals surface area (Å²) in [7, 11) is 2.13. The summed E-state index contributed by atoms with van der Waals surface area (Å²) in [6, 6.07) is 2.00. The fraction of sp³-hybridized carbons (Fsp3) is 0.750. The van der Waals surface area contributed by atoms with Crippen LogP contribution in [-0.4, -0.2) is 61.3 Å². The van der Waals surface area contributed by atoms with Gasteiger partial charge in [-0.05, 0) is 14.0 Å². The lowest BCUT2D eigenvalue weighted by atomic mass is 10.3. The Balaban J connectivity index is 1.68. The minimum Gasteiger partial charge on any atom is -0.361 e. The van der Waals surface area contributed by atoms with Crippen molar-refractivity contribution in [1.29, 1.82) is 0 Å². The van der Waals surface area contributed by atoms with Gasteiger partial charge in [0.2, 0.25) is 0 Å². The van der Waals surface area contributed by atoms with Crippen molar-refractivity contribution in [1.82, 2.24) is 20.3 Å². The second-order valence-corrected chi connectivity index (χ2v) is 4.76. The molecular weight excluding hydrogens is 216 g/mol. The Kier molecular flexibility index (Phi) is 4.53. The summed E-state index contributed by atoms with van der Waals surface area (Å²) < 4.78 is 5.06. The summed E-state index contributed by atoms with van der Waals surface area (Å²) in [5, 5.41) is 7.38. The van der Waals surface area contributed by atoms with Crippen molar-refractivity contribution >= 4 is 0 Å². The molecule has 17 heavy (non-hydrogen) atoms. The van der Waals surface area contributed by atoms with Gasteiger partial charge >= 0.3 is 0 Å². The quantitative estimate of drug-likeness (QED) is 0.800. The van der Waals surface area contributed by atoms with Crippen molar-refractivity contribution in [2.75, 3.05) is 46.3 Å². The SMILES string of the molecule is Cc1cc(CN(C)CCN2CCNCC2)no1. The molecule has 1 N–H and O–H groups in total. The van der Waals surface area contributed by atoms with E-state index in [1.165, 1.54) is 0 Å². The van der Waals surface area contributed by atoms with Crippen LogP contribution in [0.5, 0.6) is 0 Å². The van der Waals surface area contributed by atoms with Gasteiger partial charge in [-0.3, -0.25) is 9.80 Å². The van der Waals surface area contributed by atoms with E-state index in [0.29, 0.717) is 0 Å². The molecule has 0 aromatic carbocycles. The summed E-state index contributed by atoms with van der Waals surface area (Å²) in [6.07, 6.45) is 0. The molecule has 0 amide bonds. The van der Waals surface area contributed by atoms with Crippen LogP contribution in [0.4, 0.5) is 0 Å². The van der Waals surface area contributed by atoms with E-state index in [1.54, 1.807) is 0 Å². The van der Waals surface area contributed by atoms with Crippen molar-refractivity contribution < 1.29 is 4.52 Å². The molecule has 5 heteroatoms. The van der Waals surface area contributed by atoms with Crippen LogP contribution >= 0.6 is 0 Å². The number of aromatic nitrogens is 1. The molecule has 0 atom stereocenters. The molecule has 96 valence electrons. The van der Waals surface area contributed by atoms with Crippen LogP contribution in [-0.2, 0) is 6.54 Å². The first kappa shape index (κ1) is 12.5. The molecule has 0 unspecified atom stereocenters. The Labute approximate surface area is 103 Å². The Bertz CT molecular complexity index is 333. The van der Waals surface area contributed by atoms with Gasteiger partial charge in [-0.25, -0.2) is 0 Å². The Hall–Kier alpha value is -0.910. The summed E-state index contributed by atoms with van der Waals surface area (Å²) in [6.45, 7) is 9.56. The lowest BCUT2D eigenvalue weighted by molar-refractivity contribution is 0.200. The third-order valence-electron chi connectivity index (χ3n) is 3.12. The van der Waals surface area contributed by atoms with Gasteiger partial charge in [-0.15, -0.1) is 0 Å². The molecule has 0 saturated carbocycles. The highest BCUT2D eigenvalue weighted by molar-refractivity contribution is 5.02. The van der Waals surface area contributed by atoms with Crippen molar-refractivity contribution in [2.24, 2.45) is 0 Å². The molecule has 2 rings (SSSR count). The largest absolute Gasteiger partial charge is 0.361 e. The number of hydrogen-bond donors (Lipinski definition) is 1. The van der Waals surface area contributed by atoms with Gasteiger partial charge in [0.25, 0.3) is 0 Å². The molecule has 1 saturated heterocycles. The second kappa shape index (κ2) is 6.14. The molecule has 1 fully saturated rings. The van der Waals surface area contributed by atoms with Gasteiger partial charge in [-0.2, -0.15) is 0 Å². The third kappa shape index (κ3) is 4.11. The molecular formula is C12H22N4O. The zero-order chi connectivity index (χ0) is 12.1. The predicted octanol–water partition coefficient (Wildman–Crippen LogP) is 0.320. The van der Waals surface area contributed by atoms with E-state index in [0.717, 1.165) is 57.3 Å². The highest BCUT2D eigenvalue weighted by Gasteiger charge is 2.10. The number of nitrogens with one attached hydrogen (secondary N) is 1. The van der Waals surface area contributed by atoms with E-state index in [4.69, 9.17) is 4.52 Å². The summed E-state index contributed by atoms with van der Waals surface area (Å²) in [4.78, 5) is 4.79. The van der Waals surface area contributed by atoms with Gasteiger partial charge in [0, 0.05) is 51.9 Å². The van der Waals surface area contributed by atoms with Gasteiger partial charge in [-0.1, -0.05) is 5.16 Å². The fourth-order valence-electron chi connectivity index (χ4n) is 2.09. The van der Waals surface area contributed by atoms with E-state index < -0.39 is 0 Å². The molecule has 0 radical (unpaired) electrons. The monoisotopic (exact) mass is 238 g/mol. The average molecular weight is 238 g/mol. The molecule has 1 aromatic heterocycles. The van der Waals surface area contributed by atoms with Crippen LogP contribution in [0.3, 0.4) is 0 Å². The van der Waals surface area contributed by atoms with Crippen molar-refractivity contribution in [3.05, 3.63) is 17.5 Å². The van der Waals surface area contributed by atoms with Crippen molar-refractivity contribution in [3.63, 3.8) is 0 Å². The van der Waals surface area contributed by atoms with E-state index in [2.05, 4.69) is 27.3 Å². The Morgan fingerprint density at radius 3 is 2.88 bits per heavy atom. The Morgan fingerprint density at radius 1 is 1.47 bits per heavy atom. The van der Waals surface area contributed by atoms with Crippen LogP contribution in [0.2, 0.25) is 0 Å². The molecule has 0 spiro atoms. The zero-order valence-corrected chi connectivity index (χ0v) is 10.8. The van der Waals surface area contributed by atoms with E-state index in [9.17, 15) is 0 Å². The van der Waals surface area contributed by atoms with E-state index in [1.807, 2.05) is 13.0 Å². The van der Waals surface area contributed by atoms with Gasteiger partial charge in [0.1, 0.15) is 5.76 Å². The summed E-state index contributed by atoms with van der Waals surface area (Å²) in [5.74, 6) is 0.885. The number of nitrogens with zero attached hydrogens (tertiary/aromatic N) is 3. The highest BCUT2D eigenvalue weighted by atomic mass is 16.5. The molecule has 2 heterocycles. The van der Waals surface area contributed by atoms with Crippen LogP contribution in [0, 0.1) is 6.92 Å². The van der Waals surface area contributed by atoms with Crippen molar-refractivity contribution in [3.8, 4) is 0 Å². The normalized spacial score (nSPS) is 17.8. The van der Waals surface area contributed by atoms with Crippen LogP contribution in [0.1, 0.15) is 11.5 Å². The van der Waals surface area contributed by atoms with Crippen molar-refractivity contribution in [2.45, 2.75) is 13.5 Å². The standard InChI is InChI=1S/C12H22N4O/c1-11-9-12(14-17-11)10-15(2)7-8-16-5-3-13-4-6-16/h9,13H,3-8,10H2,1-2H3. The van der Waals surface area contributed by atoms with Gasteiger partial charge < -0.3 is 9.84 Å². The predicted molar refractivity (Wildman–Crippen MR) is 66.9 cm³/mol. The average Bonchev–Trinajstić information content (AvgIpc) is 2.73. The second-order valence-electron chi connectivity index (χ2n) is 4.76. The fourth-order valence-corrected chi connectivity index (χ4v) is 2.09. The minimum atomic E-state index is 0.865. The maximum Gasteiger partial charge on any atom is 0.133 e. The smallest absolute Gasteiger partial charge is 0.133 e. The molecule has 0 bridgehead atoms. The highest BCUT2D eigenvalue weighted by Crippen LogP contribution is 2.04. The Morgan fingerprint density at radius 2 is 2.24 bits per heavy atom. The number of hydrogen-bond acceptors (Lipinski definition) is 5. The van der Waals surface area contributed by atoms with Crippen LogP contribution < -0.4 is 5.32 Å². The zero-order valence-electron chi connectivity index (χ0n) is 10.8. The first-order valence-corrected chi connectivity index (χ1v) is 6.28. The number of rotatable bonds is 5. The molecule has 1 aromatic rings. The maximum absolute atomic E-state index is 5.06. The van der Waals surface area contributed by atoms with Gasteiger partial charge in [0.05, 0.1) is 5.69 Å². The number of likely N-dealkylation sites (N-methyl/N-ethyl adjacent to an activating group) is 1.